The number of thioether (sulfide) groups is 1. The molecule has 132 valence electrons. The average molecular weight is 380 g/mol. The van der Waals surface area contributed by atoms with Crippen LogP contribution in [0.15, 0.2) is 29.2 Å². The second-order valence-electron chi connectivity index (χ2n) is 5.18. The van der Waals surface area contributed by atoms with Crippen molar-refractivity contribution in [3.8, 4) is 5.75 Å². The molecule has 0 spiro atoms. The molecular formula is C16H16N2O5S2. The summed E-state index contributed by atoms with van der Waals surface area (Å²) in [7, 11) is 1.55. The molecule has 1 saturated heterocycles. The van der Waals surface area contributed by atoms with Crippen LogP contribution in [0.5, 0.6) is 5.75 Å². The Morgan fingerprint density at radius 2 is 2.04 bits per heavy atom. The van der Waals surface area contributed by atoms with E-state index < -0.39 is 23.8 Å². The Hall–Kier alpha value is -2.39. The van der Waals surface area contributed by atoms with Gasteiger partial charge in [0, 0.05) is 6.42 Å². The van der Waals surface area contributed by atoms with Crippen LogP contribution in [0.2, 0.25) is 0 Å². The predicted octanol–water partition coefficient (Wildman–Crippen LogP) is 1.62. The lowest BCUT2D eigenvalue weighted by Gasteiger charge is -2.22. The second-order valence-corrected chi connectivity index (χ2v) is 6.86. The van der Waals surface area contributed by atoms with E-state index >= 15 is 0 Å². The number of nitrogens with zero attached hydrogens (tertiary/aromatic N) is 1. The van der Waals surface area contributed by atoms with Crippen LogP contribution in [0.4, 0.5) is 0 Å². The zero-order valence-electron chi connectivity index (χ0n) is 13.3. The van der Waals surface area contributed by atoms with Crippen molar-refractivity contribution in [2.24, 2.45) is 5.73 Å². The molecule has 0 saturated carbocycles. The Balaban J connectivity index is 2.23. The third-order valence-corrected chi connectivity index (χ3v) is 4.83. The molecule has 0 aromatic heterocycles. The first kappa shape index (κ1) is 18.9. The van der Waals surface area contributed by atoms with E-state index in [4.69, 9.17) is 22.7 Å². The SMILES string of the molecule is COc1ccc(/C=C2\SC(=S)N(C(CCC(N)=O)C(=O)O)C2=O)cc1. The van der Waals surface area contributed by atoms with Gasteiger partial charge in [0.1, 0.15) is 16.1 Å². The number of hydrogen-bond acceptors (Lipinski definition) is 6. The smallest absolute Gasteiger partial charge is 0.326 e. The number of carbonyl (C=O) groups is 3. The van der Waals surface area contributed by atoms with Crippen molar-refractivity contribution in [2.75, 3.05) is 7.11 Å². The molecule has 1 heterocycles. The van der Waals surface area contributed by atoms with Gasteiger partial charge in [-0.3, -0.25) is 14.5 Å². The van der Waals surface area contributed by atoms with Crippen LogP contribution >= 0.6 is 24.0 Å². The van der Waals surface area contributed by atoms with E-state index in [1.165, 1.54) is 0 Å². The van der Waals surface area contributed by atoms with Gasteiger partial charge in [0.2, 0.25) is 5.91 Å². The Bertz CT molecular complexity index is 745. The number of benzene rings is 1. The Morgan fingerprint density at radius 1 is 1.40 bits per heavy atom. The number of methoxy groups -OCH3 is 1. The summed E-state index contributed by atoms with van der Waals surface area (Å²) >= 11 is 6.18. The number of carboxylic acid groups (broad SMARTS) is 1. The van der Waals surface area contributed by atoms with E-state index in [0.29, 0.717) is 10.7 Å². The van der Waals surface area contributed by atoms with E-state index in [9.17, 15) is 19.5 Å². The molecule has 3 N–H and O–H groups in total. The van der Waals surface area contributed by atoms with E-state index in [-0.39, 0.29) is 17.2 Å². The minimum absolute atomic E-state index is 0.0904. The fraction of sp³-hybridized carbons (Fsp3) is 0.250. The highest BCUT2D eigenvalue weighted by Crippen LogP contribution is 2.35. The van der Waals surface area contributed by atoms with Crippen LogP contribution < -0.4 is 10.5 Å². The Kier molecular flexibility index (Phi) is 6.16. The molecule has 1 fully saturated rings. The van der Waals surface area contributed by atoms with Gasteiger partial charge in [0.05, 0.1) is 12.0 Å². The van der Waals surface area contributed by atoms with Crippen molar-refractivity contribution >= 4 is 52.2 Å². The minimum atomic E-state index is -1.23. The molecule has 7 nitrogen and oxygen atoms in total. The molecule has 0 bridgehead atoms. The molecule has 0 aliphatic carbocycles. The standard InChI is InChI=1S/C16H16N2O5S2/c1-23-10-4-2-9(3-5-10)8-12-14(20)18(16(24)25-12)11(15(21)22)6-7-13(17)19/h2-5,8,11H,6-7H2,1H3,(H2,17,19)(H,21,22)/b12-8-. The number of amides is 2. The summed E-state index contributed by atoms with van der Waals surface area (Å²) in [6, 6.07) is 5.82. The first-order chi connectivity index (χ1) is 11.8. The molecule has 0 radical (unpaired) electrons. The second kappa shape index (κ2) is 8.13. The molecule has 1 unspecified atom stereocenters. The van der Waals surface area contributed by atoms with Crippen molar-refractivity contribution in [3.63, 3.8) is 0 Å². The summed E-state index contributed by atoms with van der Waals surface area (Å²) in [6.07, 6.45) is 1.39. The van der Waals surface area contributed by atoms with E-state index in [1.807, 2.05) is 0 Å². The first-order valence-corrected chi connectivity index (χ1v) is 8.48. The summed E-state index contributed by atoms with van der Waals surface area (Å²) in [4.78, 5) is 36.3. The Labute approximate surface area is 153 Å². The zero-order chi connectivity index (χ0) is 18.6. The maximum atomic E-state index is 12.6. The van der Waals surface area contributed by atoms with Crippen molar-refractivity contribution < 1.29 is 24.2 Å². The van der Waals surface area contributed by atoms with Crippen LogP contribution in [-0.4, -0.2) is 45.3 Å². The van der Waals surface area contributed by atoms with Gasteiger partial charge in [-0.1, -0.05) is 36.1 Å². The molecular weight excluding hydrogens is 364 g/mol. The third kappa shape index (κ3) is 4.58. The summed E-state index contributed by atoms with van der Waals surface area (Å²) < 4.78 is 5.21. The van der Waals surface area contributed by atoms with Crippen LogP contribution in [0, 0.1) is 0 Å². The lowest BCUT2D eigenvalue weighted by Crippen LogP contribution is -2.44. The quantitative estimate of drug-likeness (QED) is 0.546. The molecule has 1 aliphatic heterocycles. The van der Waals surface area contributed by atoms with E-state index in [1.54, 1.807) is 37.5 Å². The van der Waals surface area contributed by atoms with Gasteiger partial charge in [-0.15, -0.1) is 0 Å². The van der Waals surface area contributed by atoms with E-state index in [2.05, 4.69) is 0 Å². The van der Waals surface area contributed by atoms with Crippen molar-refractivity contribution in [2.45, 2.75) is 18.9 Å². The van der Waals surface area contributed by atoms with Crippen LogP contribution in [0.25, 0.3) is 6.08 Å². The number of rotatable bonds is 7. The zero-order valence-corrected chi connectivity index (χ0v) is 14.9. The van der Waals surface area contributed by atoms with Gasteiger partial charge in [-0.2, -0.15) is 0 Å². The van der Waals surface area contributed by atoms with Crippen LogP contribution in [0.3, 0.4) is 0 Å². The molecule has 2 amide bonds. The Morgan fingerprint density at radius 3 is 2.56 bits per heavy atom. The van der Waals surface area contributed by atoms with Crippen LogP contribution in [0.1, 0.15) is 18.4 Å². The van der Waals surface area contributed by atoms with Gasteiger partial charge in [0.25, 0.3) is 5.91 Å². The number of nitrogens with two attached hydrogens (primary N) is 1. The maximum Gasteiger partial charge on any atom is 0.326 e. The highest BCUT2D eigenvalue weighted by atomic mass is 32.2. The van der Waals surface area contributed by atoms with Gasteiger partial charge in [-0.05, 0) is 30.2 Å². The number of aliphatic carboxylic acids is 1. The van der Waals surface area contributed by atoms with Crippen molar-refractivity contribution in [1.29, 1.82) is 0 Å². The van der Waals surface area contributed by atoms with Crippen molar-refractivity contribution in [1.82, 2.24) is 4.90 Å². The number of hydrogen-bond donors (Lipinski definition) is 2. The predicted molar refractivity (Wildman–Crippen MR) is 97.9 cm³/mol. The largest absolute Gasteiger partial charge is 0.497 e. The van der Waals surface area contributed by atoms with Gasteiger partial charge in [-0.25, -0.2) is 4.79 Å². The number of primary amides is 1. The van der Waals surface area contributed by atoms with Crippen molar-refractivity contribution in [3.05, 3.63) is 34.7 Å². The highest BCUT2D eigenvalue weighted by Gasteiger charge is 2.40. The average Bonchev–Trinajstić information content (AvgIpc) is 2.83. The summed E-state index contributed by atoms with van der Waals surface area (Å²) in [5.41, 5.74) is 5.82. The molecule has 25 heavy (non-hydrogen) atoms. The molecule has 9 heteroatoms. The van der Waals surface area contributed by atoms with Crippen LogP contribution in [-0.2, 0) is 14.4 Å². The van der Waals surface area contributed by atoms with Gasteiger partial charge < -0.3 is 15.6 Å². The highest BCUT2D eigenvalue weighted by molar-refractivity contribution is 8.26. The third-order valence-electron chi connectivity index (χ3n) is 3.50. The summed E-state index contributed by atoms with van der Waals surface area (Å²) in [5, 5.41) is 9.37. The minimum Gasteiger partial charge on any atom is -0.497 e. The number of carbonyl (C=O) groups excluding carboxylic acids is 2. The number of carboxylic acids is 1. The van der Waals surface area contributed by atoms with Gasteiger partial charge in [0.15, 0.2) is 0 Å². The molecule has 1 aromatic rings. The molecule has 2 rings (SSSR count). The first-order valence-electron chi connectivity index (χ1n) is 7.25. The van der Waals surface area contributed by atoms with Gasteiger partial charge >= 0.3 is 5.97 Å². The lowest BCUT2D eigenvalue weighted by atomic mass is 10.1. The summed E-state index contributed by atoms with van der Waals surface area (Å²) in [6.45, 7) is 0. The fourth-order valence-corrected chi connectivity index (χ4v) is 3.60. The lowest BCUT2D eigenvalue weighted by molar-refractivity contribution is -0.145. The number of ether oxygens (including phenoxy) is 1. The maximum absolute atomic E-state index is 12.6. The molecule has 1 atom stereocenters. The summed E-state index contributed by atoms with van der Waals surface area (Å²) in [5.74, 6) is -1.68. The normalized spacial score (nSPS) is 17.0. The fourth-order valence-electron chi connectivity index (χ4n) is 2.24. The molecule has 1 aromatic carbocycles. The topological polar surface area (TPSA) is 110 Å². The number of thiocarbonyl (C=S) groups is 1. The monoisotopic (exact) mass is 380 g/mol. The van der Waals surface area contributed by atoms with E-state index in [0.717, 1.165) is 22.2 Å². The molecule has 1 aliphatic rings.